The molecular weight excluding hydrogens is 137 g/mol. The third-order valence-electron chi connectivity index (χ3n) is 0. The normalized spacial score (nSPS) is 0. The number of halogens is 3. The summed E-state index contributed by atoms with van der Waals surface area (Å²) in [6, 6.07) is 0. The Hall–Kier alpha value is 1.30. The molecule has 0 aromatic carbocycles. The lowest BCUT2D eigenvalue weighted by Gasteiger charge is -0.148. The second-order valence-electron chi connectivity index (χ2n) is 0. The zero-order valence-corrected chi connectivity index (χ0v) is 5.02. The van der Waals surface area contributed by atoms with Crippen LogP contribution in [0.15, 0.2) is 0 Å². The first kappa shape index (κ1) is 58.0. The van der Waals surface area contributed by atoms with Gasteiger partial charge in [0.1, 0.15) is 0 Å². The second kappa shape index (κ2) is 27.7. The molecule has 0 spiro atoms. The van der Waals surface area contributed by atoms with Crippen molar-refractivity contribution in [2.45, 2.75) is 0 Å². The fourth-order valence-electron chi connectivity index (χ4n) is 0. The molecule has 4 heteroatoms. The third kappa shape index (κ3) is 10.3. The maximum atomic E-state index is 0. The molecule has 0 amide bonds. The van der Waals surface area contributed by atoms with Crippen LogP contribution in [0.4, 0.5) is 0 Å². The Bertz CT molecular complexity index is 3.25. The lowest BCUT2D eigenvalue weighted by molar-refractivity contribution is 5.85. The second-order valence-corrected chi connectivity index (χ2v) is 0. The van der Waals surface area contributed by atoms with Crippen LogP contribution in [0, 0.1) is 0 Å². The van der Waals surface area contributed by atoms with E-state index in [0.717, 1.165) is 0 Å². The highest BCUT2D eigenvalue weighted by Gasteiger charge is 0.0000207. The van der Waals surface area contributed by atoms with Gasteiger partial charge >= 0.3 is 0 Å². The quantitative estimate of drug-likeness (QED) is 0.452. The van der Waals surface area contributed by atoms with Gasteiger partial charge in [0.25, 0.3) is 0 Å². The van der Waals surface area contributed by atoms with E-state index in [1.54, 1.807) is 0 Å². The molecule has 0 aromatic rings. The average Bonchev–Trinajstić information content (AvgIpc) is 0. The topological polar surface area (TPSA) is 0 Å². The van der Waals surface area contributed by atoms with Crippen molar-refractivity contribution in [3.8, 4) is 0 Å². The van der Waals surface area contributed by atoms with Gasteiger partial charge in [-0.3, -0.25) is 0 Å². The maximum absolute atomic E-state index is 0. The minimum absolute atomic E-state index is 0. The van der Waals surface area contributed by atoms with Crippen molar-refractivity contribution in [3.05, 3.63) is 0 Å². The predicted octanol–water partition coefficient (Wildman–Crippen LogP) is 2.13. The van der Waals surface area contributed by atoms with Crippen LogP contribution in [0.2, 0.25) is 0 Å². The van der Waals surface area contributed by atoms with E-state index >= 15 is 0 Å². The van der Waals surface area contributed by atoms with E-state index in [1.165, 1.54) is 0 Å². The first-order valence-electron chi connectivity index (χ1n) is 0. The molecule has 0 atom stereocenters. The summed E-state index contributed by atoms with van der Waals surface area (Å²) in [5.74, 6) is 0. The lowest BCUT2D eigenvalue weighted by Crippen LogP contribution is 0.689. The lowest BCUT2D eigenvalue weighted by atomic mass is 31.0. The standard InChI is InChI=1S/3ClH.P/h3*1H;. The summed E-state index contributed by atoms with van der Waals surface area (Å²) in [6.45, 7) is 0. The number of hydrogen-bond acceptors (Lipinski definition) is 0. The van der Waals surface area contributed by atoms with Crippen LogP contribution in [0.5, 0.6) is 0 Å². The number of rotatable bonds is 0. The van der Waals surface area contributed by atoms with E-state index in [0.29, 0.717) is 0 Å². The minimum Gasteiger partial charge on any atom is -0.147 e. The van der Waals surface area contributed by atoms with E-state index in [-0.39, 0.29) is 47.1 Å². The fraction of sp³-hybridized carbons (Fsp3) is 0. The van der Waals surface area contributed by atoms with Crippen LogP contribution >= 0.6 is 47.1 Å². The summed E-state index contributed by atoms with van der Waals surface area (Å²) in [6.07, 6.45) is 0. The van der Waals surface area contributed by atoms with E-state index in [1.807, 2.05) is 0 Å². The smallest absolute Gasteiger partial charge is 0 e. The highest BCUT2D eigenvalue weighted by Crippen LogP contribution is 0.861. The van der Waals surface area contributed by atoms with Crippen LogP contribution in [0.1, 0.15) is 0 Å². The van der Waals surface area contributed by atoms with Crippen LogP contribution in [0.3, 0.4) is 0 Å². The Morgan fingerprint density at radius 2 is 0.500 bits per heavy atom. The number of hydrogen-bond donors (Lipinski definition) is 0. The van der Waals surface area contributed by atoms with Gasteiger partial charge in [-0.15, -0.1) is 37.2 Å². The molecule has 0 aliphatic carbocycles. The van der Waals surface area contributed by atoms with E-state index in [9.17, 15) is 0 Å². The van der Waals surface area contributed by atoms with E-state index in [2.05, 4.69) is 0 Å². The van der Waals surface area contributed by atoms with Crippen LogP contribution in [-0.2, 0) is 0 Å². The van der Waals surface area contributed by atoms with Gasteiger partial charge in [0, 0.05) is 9.90 Å². The molecule has 3 radical (unpaired) electrons. The SMILES string of the molecule is Cl.Cl.Cl.[P]. The summed E-state index contributed by atoms with van der Waals surface area (Å²) in [4.78, 5) is 0. The molecule has 0 bridgehead atoms. The van der Waals surface area contributed by atoms with Crippen molar-refractivity contribution in [2.24, 2.45) is 0 Å². The molecule has 0 aromatic heterocycles. The Balaban J connectivity index is 0. The van der Waals surface area contributed by atoms with Gasteiger partial charge in [-0.05, 0) is 0 Å². The van der Waals surface area contributed by atoms with Gasteiger partial charge in [0.15, 0.2) is 0 Å². The zero-order valence-electron chi connectivity index (χ0n) is 1.67. The van der Waals surface area contributed by atoms with Gasteiger partial charge in [-0.25, -0.2) is 0 Å². The maximum Gasteiger partial charge on any atom is 0 e. The molecule has 0 heterocycles. The first-order chi connectivity index (χ1) is 0. The summed E-state index contributed by atoms with van der Waals surface area (Å²) in [5, 5.41) is 0. The highest BCUT2D eigenvalue weighted by molar-refractivity contribution is 6.92. The van der Waals surface area contributed by atoms with Crippen molar-refractivity contribution < 1.29 is 0 Å². The Labute approximate surface area is 47.6 Å². The monoisotopic (exact) mass is 139 g/mol. The van der Waals surface area contributed by atoms with Gasteiger partial charge in [-0.1, -0.05) is 0 Å². The largest absolute Gasteiger partial charge is 0.147 e. The van der Waals surface area contributed by atoms with Crippen LogP contribution in [0.25, 0.3) is 0 Å². The van der Waals surface area contributed by atoms with E-state index < -0.39 is 0 Å². The molecule has 0 N–H and O–H groups in total. The van der Waals surface area contributed by atoms with Gasteiger partial charge in [-0.2, -0.15) is 0 Å². The molecule has 0 aliphatic heterocycles. The highest BCUT2D eigenvalue weighted by atomic mass is 35.5. The van der Waals surface area contributed by atoms with Gasteiger partial charge < -0.3 is 0 Å². The Morgan fingerprint density at radius 3 is 0.500 bits per heavy atom. The molecule has 4 heavy (non-hydrogen) atoms. The molecule has 0 unspecified atom stereocenters. The Kier molecular flexibility index (Phi) is 402. The summed E-state index contributed by atoms with van der Waals surface area (Å²) in [7, 11) is 0. The van der Waals surface area contributed by atoms with Crippen molar-refractivity contribution in [3.63, 3.8) is 0 Å². The molecule has 0 fully saturated rings. The zero-order chi connectivity index (χ0) is 0. The van der Waals surface area contributed by atoms with Crippen molar-refractivity contribution in [2.75, 3.05) is 0 Å². The third-order valence-corrected chi connectivity index (χ3v) is 0. The summed E-state index contributed by atoms with van der Waals surface area (Å²) < 4.78 is 0. The summed E-state index contributed by atoms with van der Waals surface area (Å²) in [5.41, 5.74) is 0. The molecule has 0 saturated heterocycles. The predicted molar refractivity (Wildman–Crippen MR) is 28.7 cm³/mol. The molecule has 29 valence electrons. The van der Waals surface area contributed by atoms with Crippen LogP contribution in [-0.4, -0.2) is 0 Å². The van der Waals surface area contributed by atoms with Gasteiger partial charge in [0.05, 0.1) is 0 Å². The van der Waals surface area contributed by atoms with Gasteiger partial charge in [0.2, 0.25) is 0 Å². The first-order valence-corrected chi connectivity index (χ1v) is 0. The molecule has 0 rings (SSSR count). The fourth-order valence-corrected chi connectivity index (χ4v) is 0. The molecule has 0 saturated carbocycles. The molecule has 0 aliphatic rings. The average molecular weight is 140 g/mol. The Morgan fingerprint density at radius 1 is 0.500 bits per heavy atom. The molecular formula is H3Cl3P. The summed E-state index contributed by atoms with van der Waals surface area (Å²) >= 11 is 0. The van der Waals surface area contributed by atoms with E-state index in [4.69, 9.17) is 0 Å². The minimum atomic E-state index is 0. The van der Waals surface area contributed by atoms with Crippen LogP contribution < -0.4 is 0 Å². The van der Waals surface area contributed by atoms with Crippen molar-refractivity contribution in [1.29, 1.82) is 0 Å². The van der Waals surface area contributed by atoms with Crippen molar-refractivity contribution in [1.82, 2.24) is 0 Å². The van der Waals surface area contributed by atoms with Crippen molar-refractivity contribution >= 4 is 47.1 Å². The molecule has 0 nitrogen and oxygen atoms in total.